The predicted molar refractivity (Wildman–Crippen MR) is 216 cm³/mol. The molecule has 0 saturated heterocycles. The first-order chi connectivity index (χ1) is 30.0. The van der Waals surface area contributed by atoms with Crippen molar-refractivity contribution in [2.45, 2.75) is 26.4 Å². The molecule has 0 amide bonds. The Kier molecular flexibility index (Phi) is 8.04. The summed E-state index contributed by atoms with van der Waals surface area (Å²) in [6.45, 7) is -4.62. The van der Waals surface area contributed by atoms with E-state index in [4.69, 9.17) is 18.1 Å². The largest absolute Gasteiger partial charge is 0.486 e. The van der Waals surface area contributed by atoms with Gasteiger partial charge in [-0.05, 0) is 77.0 Å². The van der Waals surface area contributed by atoms with Crippen molar-refractivity contribution in [2.75, 3.05) is 0 Å². The zero-order valence-corrected chi connectivity index (χ0v) is 31.1. The van der Waals surface area contributed by atoms with Crippen LogP contribution >= 0.6 is 0 Å². The molecule has 0 aliphatic carbocycles. The van der Waals surface area contributed by atoms with Crippen molar-refractivity contribution in [3.8, 4) is 44.8 Å². The average Bonchev–Trinajstić information content (AvgIpc) is 3.68. The molecule has 0 atom stereocenters. The van der Waals surface area contributed by atoms with E-state index in [-0.39, 0.29) is 48.2 Å². The molecule has 9 rings (SSSR count). The van der Waals surface area contributed by atoms with E-state index in [1.807, 2.05) is 84.9 Å². The van der Waals surface area contributed by atoms with Crippen LogP contribution < -0.4 is 0 Å². The van der Waals surface area contributed by atoms with Crippen molar-refractivity contribution in [1.82, 2.24) is 15.0 Å². The maximum absolute atomic E-state index is 8.57. The quantitative estimate of drug-likeness (QED) is 0.150. The summed E-state index contributed by atoms with van der Waals surface area (Å²) in [7, 11) is 0. The number of fused-ring (bicyclic) bond motifs is 3. The fraction of sp³-hybridized carbons (Fsp3) is 0.0816. The van der Waals surface area contributed by atoms with Gasteiger partial charge in [0.15, 0.2) is 0 Å². The van der Waals surface area contributed by atoms with Crippen molar-refractivity contribution in [1.29, 1.82) is 0 Å². The molecule has 0 saturated carbocycles. The monoisotopic (exact) mass is 886 g/mol. The standard InChI is InChI=1S/C25H20N.C24H17N2O.Ir/c1-18-13-14-22(15-23(18)20-9-5-3-6-10-20)25-16-24(19(2)17-26-25)21-11-7-4-8-12-21;1-2-7-17(8-3-1)12-13-18-14-15-20-19-9-6-10-21(22-11-4-5-16-25-22)23(19)27-24(20)26-18;/h3-13,15-17H,1-2H3;1-9,11,14-16H,12-13H2;/q2*-1;/i1D3,2D3;12D2,13D2;. The number of benzene rings is 5. The molecule has 0 N–H and O–H groups in total. The van der Waals surface area contributed by atoms with Crippen LogP contribution in [-0.4, -0.2) is 15.0 Å². The molecule has 4 aromatic heterocycles. The van der Waals surface area contributed by atoms with Crippen LogP contribution in [0, 0.1) is 25.8 Å². The van der Waals surface area contributed by atoms with Gasteiger partial charge in [0.1, 0.15) is 0 Å². The summed E-state index contributed by atoms with van der Waals surface area (Å²) in [4.78, 5) is 13.2. The van der Waals surface area contributed by atoms with Gasteiger partial charge in [0.05, 0.1) is 5.58 Å². The Bertz CT molecular complexity index is 2940. The molecule has 9 aromatic rings. The third-order valence-corrected chi connectivity index (χ3v) is 8.63. The summed E-state index contributed by atoms with van der Waals surface area (Å²) < 4.78 is 87.6. The molecule has 0 aliphatic heterocycles. The van der Waals surface area contributed by atoms with Crippen molar-refractivity contribution >= 4 is 22.1 Å². The zero-order valence-electron chi connectivity index (χ0n) is 38.7. The fourth-order valence-electron chi connectivity index (χ4n) is 6.01. The van der Waals surface area contributed by atoms with Gasteiger partial charge in [-0.25, -0.2) is 4.98 Å². The number of aromatic nitrogens is 3. The summed E-state index contributed by atoms with van der Waals surface area (Å²) in [5.74, 6) is 0. The van der Waals surface area contributed by atoms with Crippen molar-refractivity contribution < 1.29 is 38.2 Å². The minimum absolute atomic E-state index is 0. The molecule has 4 nitrogen and oxygen atoms in total. The number of nitrogens with zero attached hydrogens (tertiary/aromatic N) is 3. The Morgan fingerprint density at radius 2 is 1.35 bits per heavy atom. The molecule has 0 spiro atoms. The van der Waals surface area contributed by atoms with Crippen LogP contribution in [-0.2, 0) is 32.9 Å². The molecule has 4 heterocycles. The molecule has 5 aromatic carbocycles. The fourth-order valence-corrected chi connectivity index (χ4v) is 6.01. The van der Waals surface area contributed by atoms with Gasteiger partial charge < -0.3 is 14.4 Å². The molecule has 1 radical (unpaired) electrons. The second-order valence-corrected chi connectivity index (χ2v) is 12.1. The Hall–Kier alpha value is -6.00. The number of furan rings is 1. The van der Waals surface area contributed by atoms with E-state index in [2.05, 4.69) is 27.1 Å². The summed E-state index contributed by atoms with van der Waals surface area (Å²) in [6, 6.07) is 50.5. The van der Waals surface area contributed by atoms with Gasteiger partial charge in [0, 0.05) is 57.3 Å². The third kappa shape index (κ3) is 7.99. The van der Waals surface area contributed by atoms with Crippen LogP contribution in [0.3, 0.4) is 0 Å². The van der Waals surface area contributed by atoms with Gasteiger partial charge in [-0.2, -0.15) is 0 Å². The van der Waals surface area contributed by atoms with E-state index in [0.29, 0.717) is 39.2 Å². The molecule has 0 fully saturated rings. The first kappa shape index (κ1) is 25.9. The van der Waals surface area contributed by atoms with Crippen LogP contribution in [0.15, 0.2) is 168 Å². The molecule has 0 aliphatic rings. The Labute approximate surface area is 344 Å². The van der Waals surface area contributed by atoms with Gasteiger partial charge in [-0.1, -0.05) is 133 Å². The van der Waals surface area contributed by atoms with Crippen molar-refractivity contribution in [3.63, 3.8) is 0 Å². The Balaban J connectivity index is 0.000000189. The van der Waals surface area contributed by atoms with Crippen LogP contribution in [0.25, 0.3) is 66.8 Å². The number of hydrogen-bond acceptors (Lipinski definition) is 4. The summed E-state index contributed by atoms with van der Waals surface area (Å²) in [5, 5.41) is 1.54. The molecule has 54 heavy (non-hydrogen) atoms. The normalized spacial score (nSPS) is 14.5. The van der Waals surface area contributed by atoms with Crippen LogP contribution in [0.5, 0.6) is 0 Å². The van der Waals surface area contributed by atoms with Crippen LogP contribution in [0.1, 0.15) is 36.1 Å². The maximum Gasteiger partial charge on any atom is 0.216 e. The van der Waals surface area contributed by atoms with E-state index in [1.165, 1.54) is 18.3 Å². The van der Waals surface area contributed by atoms with E-state index in [1.54, 1.807) is 60.8 Å². The van der Waals surface area contributed by atoms with E-state index >= 15 is 0 Å². The predicted octanol–water partition coefficient (Wildman–Crippen LogP) is 12.1. The van der Waals surface area contributed by atoms with Gasteiger partial charge >= 0.3 is 0 Å². The summed E-state index contributed by atoms with van der Waals surface area (Å²) in [6.07, 6.45) is -1.59. The van der Waals surface area contributed by atoms with E-state index in [0.717, 1.165) is 21.9 Å². The smallest absolute Gasteiger partial charge is 0.216 e. The van der Waals surface area contributed by atoms with Gasteiger partial charge in [-0.15, -0.1) is 47.5 Å². The Morgan fingerprint density at radius 1 is 0.648 bits per heavy atom. The Morgan fingerprint density at radius 3 is 2.06 bits per heavy atom. The molecular weight excluding hydrogens is 839 g/mol. The topological polar surface area (TPSA) is 51.8 Å². The maximum atomic E-state index is 8.57. The minimum atomic E-state index is -2.38. The average molecular weight is 886 g/mol. The first-order valence-corrected chi connectivity index (χ1v) is 16.9. The van der Waals surface area contributed by atoms with Gasteiger partial charge in [0.2, 0.25) is 5.71 Å². The molecule has 0 unspecified atom stereocenters. The number of aryl methyl sites for hydroxylation is 4. The van der Waals surface area contributed by atoms with Gasteiger partial charge in [-0.3, -0.25) is 0 Å². The summed E-state index contributed by atoms with van der Waals surface area (Å²) >= 11 is 0. The van der Waals surface area contributed by atoms with Crippen molar-refractivity contribution in [3.05, 3.63) is 199 Å². The molecule has 265 valence electrons. The van der Waals surface area contributed by atoms with E-state index < -0.39 is 26.4 Å². The van der Waals surface area contributed by atoms with Crippen LogP contribution in [0.2, 0.25) is 0 Å². The SMILES string of the molecule is [2H]C([2H])([2H])c1c[c-]c(-c2cc(-c3ccccc3)c(C([2H])([2H])[2H])cn2)cc1-c1ccccc1.[2H]C([2H])(c1ccccc1)C([2H])([2H])c1ccc2c(n1)oc1c(-c3ccccn3)[c-]ccc12.[Ir]. The number of rotatable bonds is 7. The second-order valence-electron chi connectivity index (χ2n) is 12.1. The van der Waals surface area contributed by atoms with Crippen molar-refractivity contribution in [2.24, 2.45) is 0 Å². The minimum Gasteiger partial charge on any atom is -0.486 e. The van der Waals surface area contributed by atoms with Gasteiger partial charge in [0.25, 0.3) is 0 Å². The second kappa shape index (κ2) is 16.8. The number of pyridine rings is 3. The number of hydrogen-bond donors (Lipinski definition) is 0. The molecule has 0 bridgehead atoms. The molecule has 5 heteroatoms. The van der Waals surface area contributed by atoms with E-state index in [9.17, 15) is 0 Å². The van der Waals surface area contributed by atoms with Crippen LogP contribution in [0.4, 0.5) is 0 Å². The zero-order chi connectivity index (χ0) is 44.6. The molecular formula is C49H37IrN3O-2. The third-order valence-electron chi connectivity index (χ3n) is 8.63. The first-order valence-electron chi connectivity index (χ1n) is 21.9. The summed E-state index contributed by atoms with van der Waals surface area (Å²) in [5.41, 5.74) is 6.58.